The van der Waals surface area contributed by atoms with Crippen LogP contribution in [0.25, 0.3) is 0 Å². The number of nitrogens with one attached hydrogen (secondary N) is 1. The lowest BCUT2D eigenvalue weighted by atomic mass is 9.75. The molecule has 0 atom stereocenters. The average Bonchev–Trinajstić information content (AvgIpc) is 2.07. The Hall–Kier alpha value is -1.03. The van der Waals surface area contributed by atoms with E-state index >= 15 is 0 Å². The van der Waals surface area contributed by atoms with Crippen LogP contribution < -0.4 is 5.32 Å². The van der Waals surface area contributed by atoms with Gasteiger partial charge in [-0.1, -0.05) is 0 Å². The molecule has 1 aliphatic carbocycles. The van der Waals surface area contributed by atoms with Gasteiger partial charge in [-0.25, -0.2) is 0 Å². The molecule has 1 spiro atoms. The Morgan fingerprint density at radius 2 is 2.14 bits per heavy atom. The van der Waals surface area contributed by atoms with Gasteiger partial charge in [-0.3, -0.25) is 4.79 Å². The molecular formula is C10H15NO3. The Morgan fingerprint density at radius 3 is 2.71 bits per heavy atom. The lowest BCUT2D eigenvalue weighted by Crippen LogP contribution is -2.61. The van der Waals surface area contributed by atoms with Gasteiger partial charge in [-0.05, 0) is 13.8 Å². The second-order valence-electron chi connectivity index (χ2n) is 4.00. The van der Waals surface area contributed by atoms with Crippen LogP contribution in [0.1, 0.15) is 26.7 Å². The summed E-state index contributed by atoms with van der Waals surface area (Å²) >= 11 is 0. The first-order chi connectivity index (χ1) is 6.57. The maximum absolute atomic E-state index is 11.7. The molecule has 78 valence electrons. The van der Waals surface area contributed by atoms with E-state index in [9.17, 15) is 4.79 Å². The van der Waals surface area contributed by atoms with Crippen molar-refractivity contribution in [1.29, 1.82) is 0 Å². The highest BCUT2D eigenvalue weighted by Crippen LogP contribution is 2.41. The van der Waals surface area contributed by atoms with E-state index in [0.29, 0.717) is 12.8 Å². The summed E-state index contributed by atoms with van der Waals surface area (Å²) in [5, 5.41) is 2.83. The number of carbonyl (C=O) groups excluding carboxylic acids is 1. The summed E-state index contributed by atoms with van der Waals surface area (Å²) in [6, 6.07) is 0. The van der Waals surface area contributed by atoms with Gasteiger partial charge < -0.3 is 14.8 Å². The number of hydrogen-bond donors (Lipinski definition) is 1. The highest BCUT2D eigenvalue weighted by Gasteiger charge is 2.54. The molecule has 14 heavy (non-hydrogen) atoms. The maximum atomic E-state index is 11.7. The predicted molar refractivity (Wildman–Crippen MR) is 50.4 cm³/mol. The molecule has 1 aliphatic heterocycles. The fourth-order valence-electron chi connectivity index (χ4n) is 1.90. The van der Waals surface area contributed by atoms with Crippen molar-refractivity contribution in [2.24, 2.45) is 0 Å². The van der Waals surface area contributed by atoms with Crippen molar-refractivity contribution in [3.8, 4) is 0 Å². The minimum Gasteiger partial charge on any atom is -0.480 e. The summed E-state index contributed by atoms with van der Waals surface area (Å²) in [6.07, 6.45) is 1.46. The minimum atomic E-state index is -0.649. The fraction of sp³-hybridized carbons (Fsp3) is 0.700. The van der Waals surface area contributed by atoms with Crippen molar-refractivity contribution in [1.82, 2.24) is 5.32 Å². The van der Waals surface area contributed by atoms with Crippen LogP contribution in [-0.2, 0) is 14.3 Å². The molecule has 4 nitrogen and oxygen atoms in total. The van der Waals surface area contributed by atoms with Gasteiger partial charge in [0, 0.05) is 20.0 Å². The zero-order chi connectivity index (χ0) is 10.3. The quantitative estimate of drug-likeness (QED) is 0.680. The molecule has 0 aromatic rings. The number of carbonyl (C=O) groups is 1. The number of rotatable bonds is 1. The second kappa shape index (κ2) is 2.98. The smallest absolute Gasteiger partial charge is 0.268 e. The van der Waals surface area contributed by atoms with Crippen LogP contribution in [0.3, 0.4) is 0 Å². The molecule has 1 amide bonds. The first-order valence-electron chi connectivity index (χ1n) is 4.78. The maximum Gasteiger partial charge on any atom is 0.268 e. The topological polar surface area (TPSA) is 47.6 Å². The van der Waals surface area contributed by atoms with Gasteiger partial charge in [0.15, 0.2) is 5.60 Å². The summed E-state index contributed by atoms with van der Waals surface area (Å²) in [6.45, 7) is 3.71. The van der Waals surface area contributed by atoms with Gasteiger partial charge in [0.1, 0.15) is 5.76 Å². The highest BCUT2D eigenvalue weighted by molar-refractivity contribution is 5.89. The van der Waals surface area contributed by atoms with E-state index in [-0.39, 0.29) is 12.0 Å². The number of hydrogen-bond acceptors (Lipinski definition) is 3. The van der Waals surface area contributed by atoms with Gasteiger partial charge >= 0.3 is 0 Å². The lowest BCUT2D eigenvalue weighted by molar-refractivity contribution is -0.175. The Bertz CT molecular complexity index is 302. The molecule has 1 saturated carbocycles. The SMILES string of the molecule is COC1CC2(C1)OC(C)=C(C)NC2=O. The number of allylic oxidation sites excluding steroid dienone is 2. The van der Waals surface area contributed by atoms with E-state index < -0.39 is 5.60 Å². The van der Waals surface area contributed by atoms with Crippen molar-refractivity contribution < 1.29 is 14.3 Å². The molecule has 1 fully saturated rings. The van der Waals surface area contributed by atoms with Gasteiger partial charge in [0.2, 0.25) is 0 Å². The molecule has 0 bridgehead atoms. The van der Waals surface area contributed by atoms with Crippen molar-refractivity contribution in [3.63, 3.8) is 0 Å². The first kappa shape index (κ1) is 9.52. The number of ether oxygens (including phenoxy) is 2. The van der Waals surface area contributed by atoms with Crippen molar-refractivity contribution >= 4 is 5.91 Å². The van der Waals surface area contributed by atoms with E-state index in [2.05, 4.69) is 5.32 Å². The predicted octanol–water partition coefficient (Wildman–Crippen LogP) is 0.932. The Balaban J connectivity index is 2.13. The van der Waals surface area contributed by atoms with Crippen molar-refractivity contribution in [3.05, 3.63) is 11.5 Å². The summed E-state index contributed by atoms with van der Waals surface area (Å²) in [4.78, 5) is 11.7. The zero-order valence-electron chi connectivity index (χ0n) is 8.72. The zero-order valence-corrected chi connectivity index (χ0v) is 8.72. The van der Waals surface area contributed by atoms with Crippen LogP contribution >= 0.6 is 0 Å². The molecule has 1 N–H and O–H groups in total. The normalized spacial score (nSPS) is 36.5. The van der Waals surface area contributed by atoms with Crippen LogP contribution in [0.4, 0.5) is 0 Å². The molecule has 0 unspecified atom stereocenters. The van der Waals surface area contributed by atoms with Crippen LogP contribution in [-0.4, -0.2) is 24.7 Å². The highest BCUT2D eigenvalue weighted by atomic mass is 16.5. The molecule has 0 aromatic carbocycles. The van der Waals surface area contributed by atoms with E-state index in [0.717, 1.165) is 11.5 Å². The molecule has 2 aliphatic rings. The average molecular weight is 197 g/mol. The Kier molecular flexibility index (Phi) is 2.03. The Morgan fingerprint density at radius 1 is 1.50 bits per heavy atom. The van der Waals surface area contributed by atoms with Gasteiger partial charge in [-0.2, -0.15) is 0 Å². The molecule has 2 rings (SSSR count). The van der Waals surface area contributed by atoms with Crippen molar-refractivity contribution in [2.75, 3.05) is 7.11 Å². The van der Waals surface area contributed by atoms with Gasteiger partial charge in [0.25, 0.3) is 5.91 Å². The monoisotopic (exact) mass is 197 g/mol. The number of amides is 1. The van der Waals surface area contributed by atoms with Crippen LogP contribution in [0.5, 0.6) is 0 Å². The van der Waals surface area contributed by atoms with Gasteiger partial charge in [-0.15, -0.1) is 0 Å². The van der Waals surface area contributed by atoms with Crippen LogP contribution in [0, 0.1) is 0 Å². The third kappa shape index (κ3) is 1.21. The van der Waals surface area contributed by atoms with E-state index in [1.54, 1.807) is 7.11 Å². The first-order valence-corrected chi connectivity index (χ1v) is 4.78. The second-order valence-corrected chi connectivity index (χ2v) is 4.00. The summed E-state index contributed by atoms with van der Waals surface area (Å²) in [5.74, 6) is 0.771. The molecule has 0 radical (unpaired) electrons. The summed E-state index contributed by atoms with van der Waals surface area (Å²) in [7, 11) is 1.66. The number of methoxy groups -OCH3 is 1. The lowest BCUT2D eigenvalue weighted by Gasteiger charge is -2.47. The van der Waals surface area contributed by atoms with E-state index in [1.807, 2.05) is 13.8 Å². The molecular weight excluding hydrogens is 182 g/mol. The minimum absolute atomic E-state index is 0.0334. The molecule has 1 heterocycles. The van der Waals surface area contributed by atoms with Crippen LogP contribution in [0.2, 0.25) is 0 Å². The van der Waals surface area contributed by atoms with E-state index in [4.69, 9.17) is 9.47 Å². The molecule has 0 saturated heterocycles. The third-order valence-electron chi connectivity index (χ3n) is 3.04. The molecule has 4 heteroatoms. The standard InChI is InChI=1S/C10H15NO3/c1-6-7(2)14-10(9(12)11-6)4-8(5-10)13-3/h8H,4-5H2,1-3H3,(H,11,12). The summed E-state index contributed by atoms with van der Waals surface area (Å²) in [5.41, 5.74) is 0.158. The van der Waals surface area contributed by atoms with E-state index in [1.165, 1.54) is 0 Å². The summed E-state index contributed by atoms with van der Waals surface area (Å²) < 4.78 is 10.8. The third-order valence-corrected chi connectivity index (χ3v) is 3.04. The largest absolute Gasteiger partial charge is 0.480 e. The van der Waals surface area contributed by atoms with Crippen molar-refractivity contribution in [2.45, 2.75) is 38.4 Å². The van der Waals surface area contributed by atoms with Gasteiger partial charge in [0.05, 0.1) is 11.8 Å². The fourth-order valence-corrected chi connectivity index (χ4v) is 1.90. The van der Waals surface area contributed by atoms with Crippen LogP contribution in [0.15, 0.2) is 11.5 Å². The molecule has 0 aromatic heterocycles. The Labute approximate surface area is 83.3 Å².